The lowest BCUT2D eigenvalue weighted by Crippen LogP contribution is -2.50. The molecule has 1 atom stereocenters. The Labute approximate surface area is 181 Å². The van der Waals surface area contributed by atoms with Crippen LogP contribution in [-0.2, 0) is 22.6 Å². The highest BCUT2D eigenvalue weighted by molar-refractivity contribution is 5.87. The molecule has 2 amide bonds. The van der Waals surface area contributed by atoms with E-state index in [0.29, 0.717) is 31.7 Å². The second-order valence-electron chi connectivity index (χ2n) is 8.49. The Kier molecular flexibility index (Phi) is 9.10. The topological polar surface area (TPSA) is 49.4 Å². The fourth-order valence-electron chi connectivity index (χ4n) is 3.54. The van der Waals surface area contributed by atoms with E-state index in [1.165, 1.54) is 5.56 Å². The van der Waals surface area contributed by atoms with E-state index < -0.39 is 6.04 Å². The summed E-state index contributed by atoms with van der Waals surface area (Å²) >= 11 is 0. The summed E-state index contributed by atoms with van der Waals surface area (Å²) in [6.07, 6.45) is 1.64. The Morgan fingerprint density at radius 3 is 2.07 bits per heavy atom. The van der Waals surface area contributed by atoms with Gasteiger partial charge in [0.1, 0.15) is 6.04 Å². The number of benzene rings is 2. The van der Waals surface area contributed by atoms with E-state index >= 15 is 0 Å². The summed E-state index contributed by atoms with van der Waals surface area (Å²) in [6, 6.07) is 17.9. The largest absolute Gasteiger partial charge is 0.352 e. The zero-order chi connectivity index (χ0) is 22.1. The molecule has 0 heterocycles. The molecule has 4 nitrogen and oxygen atoms in total. The van der Waals surface area contributed by atoms with Gasteiger partial charge in [-0.1, -0.05) is 75.4 Å². The minimum absolute atomic E-state index is 0.0116. The van der Waals surface area contributed by atoms with E-state index in [-0.39, 0.29) is 17.9 Å². The standard InChI is InChI=1S/C26H36N2O2/c1-6-24(26(30)27-20(4)5)28(18-22-10-8-7-9-11-22)25(29)17-14-21-12-15-23(16-13-21)19(2)3/h7-13,15-16,19-20,24H,6,14,17-18H2,1-5H3,(H,27,30). The van der Waals surface area contributed by atoms with Crippen molar-refractivity contribution in [1.82, 2.24) is 10.2 Å². The molecule has 2 rings (SSSR count). The zero-order valence-corrected chi connectivity index (χ0v) is 19.0. The van der Waals surface area contributed by atoms with E-state index in [9.17, 15) is 9.59 Å². The van der Waals surface area contributed by atoms with Gasteiger partial charge in [0.05, 0.1) is 0 Å². The van der Waals surface area contributed by atoms with E-state index in [1.54, 1.807) is 4.90 Å². The van der Waals surface area contributed by atoms with Crippen molar-refractivity contribution in [2.75, 3.05) is 0 Å². The molecule has 162 valence electrons. The van der Waals surface area contributed by atoms with Gasteiger partial charge in [0.15, 0.2) is 0 Å². The lowest BCUT2D eigenvalue weighted by atomic mass is 10.00. The van der Waals surface area contributed by atoms with Gasteiger partial charge in [-0.15, -0.1) is 0 Å². The van der Waals surface area contributed by atoms with Crippen molar-refractivity contribution in [2.24, 2.45) is 0 Å². The molecule has 0 saturated heterocycles. The molecule has 0 fully saturated rings. The van der Waals surface area contributed by atoms with Crippen molar-refractivity contribution in [2.45, 2.75) is 78.4 Å². The maximum Gasteiger partial charge on any atom is 0.243 e. The van der Waals surface area contributed by atoms with Crippen LogP contribution in [-0.4, -0.2) is 28.8 Å². The highest BCUT2D eigenvalue weighted by Gasteiger charge is 2.28. The molecule has 0 aromatic heterocycles. The van der Waals surface area contributed by atoms with Gasteiger partial charge < -0.3 is 10.2 Å². The molecule has 0 aliphatic carbocycles. The van der Waals surface area contributed by atoms with Gasteiger partial charge in [-0.25, -0.2) is 0 Å². The van der Waals surface area contributed by atoms with Crippen LogP contribution in [0.25, 0.3) is 0 Å². The fourth-order valence-corrected chi connectivity index (χ4v) is 3.54. The lowest BCUT2D eigenvalue weighted by molar-refractivity contribution is -0.141. The van der Waals surface area contributed by atoms with Crippen LogP contribution in [0, 0.1) is 0 Å². The first kappa shape index (κ1) is 23.7. The highest BCUT2D eigenvalue weighted by Crippen LogP contribution is 2.18. The first-order chi connectivity index (χ1) is 14.3. The fraction of sp³-hybridized carbons (Fsp3) is 0.462. The average Bonchev–Trinajstić information content (AvgIpc) is 2.72. The number of nitrogens with zero attached hydrogens (tertiary/aromatic N) is 1. The molecule has 4 heteroatoms. The Hall–Kier alpha value is -2.62. The van der Waals surface area contributed by atoms with Crippen LogP contribution in [0.15, 0.2) is 54.6 Å². The summed E-state index contributed by atoms with van der Waals surface area (Å²) in [6.45, 7) is 10.6. The summed E-state index contributed by atoms with van der Waals surface area (Å²) in [7, 11) is 0. The van der Waals surface area contributed by atoms with Crippen molar-refractivity contribution in [1.29, 1.82) is 0 Å². The maximum atomic E-state index is 13.2. The molecule has 0 radical (unpaired) electrons. The summed E-state index contributed by atoms with van der Waals surface area (Å²) in [5, 5.41) is 2.97. The Morgan fingerprint density at radius 2 is 1.53 bits per heavy atom. The highest BCUT2D eigenvalue weighted by atomic mass is 16.2. The number of nitrogens with one attached hydrogen (secondary N) is 1. The molecule has 0 bridgehead atoms. The zero-order valence-electron chi connectivity index (χ0n) is 19.0. The number of hydrogen-bond acceptors (Lipinski definition) is 2. The molecule has 0 spiro atoms. The average molecular weight is 409 g/mol. The monoisotopic (exact) mass is 408 g/mol. The van der Waals surface area contributed by atoms with E-state index in [2.05, 4.69) is 43.4 Å². The third-order valence-electron chi connectivity index (χ3n) is 5.29. The van der Waals surface area contributed by atoms with Gasteiger partial charge in [-0.2, -0.15) is 0 Å². The van der Waals surface area contributed by atoms with Crippen molar-refractivity contribution >= 4 is 11.8 Å². The molecular formula is C26H36N2O2. The predicted molar refractivity (Wildman–Crippen MR) is 123 cm³/mol. The van der Waals surface area contributed by atoms with Crippen LogP contribution in [0.1, 0.15) is 70.1 Å². The van der Waals surface area contributed by atoms with Gasteiger partial charge in [0.2, 0.25) is 11.8 Å². The van der Waals surface area contributed by atoms with Crippen molar-refractivity contribution in [3.05, 3.63) is 71.3 Å². The third kappa shape index (κ3) is 7.01. The molecule has 1 N–H and O–H groups in total. The van der Waals surface area contributed by atoms with Gasteiger partial charge in [0.25, 0.3) is 0 Å². The predicted octanol–water partition coefficient (Wildman–Crippen LogP) is 5.07. The van der Waals surface area contributed by atoms with Gasteiger partial charge in [-0.3, -0.25) is 9.59 Å². The molecule has 2 aromatic carbocycles. The first-order valence-electron chi connectivity index (χ1n) is 11.0. The summed E-state index contributed by atoms with van der Waals surface area (Å²) < 4.78 is 0. The van der Waals surface area contributed by atoms with Crippen LogP contribution in [0.4, 0.5) is 0 Å². The van der Waals surface area contributed by atoms with Crippen LogP contribution in [0.3, 0.4) is 0 Å². The van der Waals surface area contributed by atoms with E-state index in [0.717, 1.165) is 11.1 Å². The lowest BCUT2D eigenvalue weighted by Gasteiger charge is -2.31. The summed E-state index contributed by atoms with van der Waals surface area (Å²) in [5.41, 5.74) is 3.47. The number of rotatable bonds is 10. The quantitative estimate of drug-likeness (QED) is 0.596. The number of hydrogen-bond donors (Lipinski definition) is 1. The number of carbonyl (C=O) groups is 2. The molecule has 30 heavy (non-hydrogen) atoms. The minimum atomic E-state index is -0.469. The Bertz CT molecular complexity index is 798. The second kappa shape index (κ2) is 11.5. The smallest absolute Gasteiger partial charge is 0.243 e. The molecule has 0 saturated carbocycles. The SMILES string of the molecule is CCC(C(=O)NC(C)C)N(Cc1ccccc1)C(=O)CCc1ccc(C(C)C)cc1. The molecule has 1 unspecified atom stereocenters. The van der Waals surface area contributed by atoms with Gasteiger partial charge in [-0.05, 0) is 49.3 Å². The van der Waals surface area contributed by atoms with Crippen LogP contribution in [0.2, 0.25) is 0 Å². The third-order valence-corrected chi connectivity index (χ3v) is 5.29. The van der Waals surface area contributed by atoms with Crippen molar-refractivity contribution in [3.8, 4) is 0 Å². The van der Waals surface area contributed by atoms with Gasteiger partial charge >= 0.3 is 0 Å². The Morgan fingerprint density at radius 1 is 0.900 bits per heavy atom. The van der Waals surface area contributed by atoms with Gasteiger partial charge in [0, 0.05) is 19.0 Å². The number of aryl methyl sites for hydroxylation is 1. The van der Waals surface area contributed by atoms with E-state index in [1.807, 2.05) is 51.1 Å². The molecular weight excluding hydrogens is 372 g/mol. The normalized spacial score (nSPS) is 12.1. The van der Waals surface area contributed by atoms with Crippen LogP contribution in [0.5, 0.6) is 0 Å². The number of amides is 2. The van der Waals surface area contributed by atoms with Crippen molar-refractivity contribution in [3.63, 3.8) is 0 Å². The Balaban J connectivity index is 2.15. The number of carbonyl (C=O) groups excluding carboxylic acids is 2. The summed E-state index contributed by atoms with van der Waals surface area (Å²) in [4.78, 5) is 27.8. The van der Waals surface area contributed by atoms with Crippen LogP contribution < -0.4 is 5.32 Å². The minimum Gasteiger partial charge on any atom is -0.352 e. The van der Waals surface area contributed by atoms with Crippen LogP contribution >= 0.6 is 0 Å². The maximum absolute atomic E-state index is 13.2. The van der Waals surface area contributed by atoms with Crippen molar-refractivity contribution < 1.29 is 9.59 Å². The first-order valence-corrected chi connectivity index (χ1v) is 11.0. The summed E-state index contributed by atoms with van der Waals surface area (Å²) in [5.74, 6) is 0.419. The molecule has 2 aromatic rings. The van der Waals surface area contributed by atoms with E-state index in [4.69, 9.17) is 0 Å². The molecule has 0 aliphatic rings. The second-order valence-corrected chi connectivity index (χ2v) is 8.49. The molecule has 0 aliphatic heterocycles.